The second kappa shape index (κ2) is 4.14. The summed E-state index contributed by atoms with van der Waals surface area (Å²) in [4.78, 5) is 22.7. The zero-order chi connectivity index (χ0) is 12.6. The molecule has 0 heterocycles. The van der Waals surface area contributed by atoms with Gasteiger partial charge >= 0.3 is 5.97 Å². The number of carboxylic acid groups (broad SMARTS) is 1. The fourth-order valence-electron chi connectivity index (χ4n) is 2.18. The Balaban J connectivity index is 1.88. The number of rotatable bonds is 4. The van der Waals surface area contributed by atoms with Gasteiger partial charge in [0.05, 0.1) is 11.5 Å². The van der Waals surface area contributed by atoms with E-state index in [2.05, 4.69) is 5.32 Å². The molecule has 4 N–H and O–H groups in total. The van der Waals surface area contributed by atoms with Gasteiger partial charge in [-0.15, -0.1) is 0 Å². The molecule has 1 saturated carbocycles. The summed E-state index contributed by atoms with van der Waals surface area (Å²) in [5, 5.41) is 11.6. The van der Waals surface area contributed by atoms with Gasteiger partial charge in [0, 0.05) is 6.04 Å². The molecule has 0 aliphatic heterocycles. The van der Waals surface area contributed by atoms with Crippen LogP contribution in [0.2, 0.25) is 0 Å². The second-order valence-electron chi connectivity index (χ2n) is 5.20. The van der Waals surface area contributed by atoms with Crippen LogP contribution < -0.4 is 11.1 Å². The zero-order valence-corrected chi connectivity index (χ0v) is 9.85. The van der Waals surface area contributed by atoms with Crippen LogP contribution in [0.1, 0.15) is 26.2 Å². The lowest BCUT2D eigenvalue weighted by Gasteiger charge is -2.25. The lowest BCUT2D eigenvalue weighted by atomic mass is 9.95. The van der Waals surface area contributed by atoms with E-state index in [9.17, 15) is 9.59 Å². The predicted octanol–water partition coefficient (Wildman–Crippen LogP) is 0.259. The van der Waals surface area contributed by atoms with Crippen LogP contribution in [-0.2, 0) is 9.59 Å². The van der Waals surface area contributed by atoms with Gasteiger partial charge in [0.25, 0.3) is 0 Å². The minimum Gasteiger partial charge on any atom is -0.481 e. The molecule has 1 fully saturated rings. The van der Waals surface area contributed by atoms with Gasteiger partial charge < -0.3 is 16.2 Å². The van der Waals surface area contributed by atoms with Crippen LogP contribution >= 0.6 is 0 Å². The van der Waals surface area contributed by atoms with E-state index in [4.69, 9.17) is 10.8 Å². The van der Waals surface area contributed by atoms with Gasteiger partial charge in [0.15, 0.2) is 0 Å². The maximum absolute atomic E-state index is 12.0. The Morgan fingerprint density at radius 1 is 1.41 bits per heavy atom. The van der Waals surface area contributed by atoms with Crippen molar-refractivity contribution in [3.63, 3.8) is 0 Å². The molecule has 5 heteroatoms. The van der Waals surface area contributed by atoms with Crippen molar-refractivity contribution in [2.75, 3.05) is 0 Å². The Hall–Kier alpha value is -1.36. The van der Waals surface area contributed by atoms with Crippen LogP contribution in [0.25, 0.3) is 0 Å². The normalized spacial score (nSPS) is 30.9. The topological polar surface area (TPSA) is 92.4 Å². The molecule has 2 rings (SSSR count). The molecule has 17 heavy (non-hydrogen) atoms. The number of carbonyl (C=O) groups excluding carboxylic acids is 1. The highest BCUT2D eigenvalue weighted by Gasteiger charge is 2.44. The van der Waals surface area contributed by atoms with Crippen molar-refractivity contribution in [2.24, 2.45) is 17.6 Å². The molecule has 3 atom stereocenters. The zero-order valence-electron chi connectivity index (χ0n) is 9.85. The molecule has 2 aliphatic carbocycles. The minimum atomic E-state index is -0.851. The largest absolute Gasteiger partial charge is 0.481 e. The number of aliphatic carboxylic acids is 1. The van der Waals surface area contributed by atoms with Crippen molar-refractivity contribution < 1.29 is 14.7 Å². The SMILES string of the molecule is CC(N)(C(=O)NC1C=CC(C(=O)O)C1)C1CC1. The van der Waals surface area contributed by atoms with E-state index in [0.717, 1.165) is 12.8 Å². The van der Waals surface area contributed by atoms with Crippen LogP contribution in [-0.4, -0.2) is 28.6 Å². The van der Waals surface area contributed by atoms with Crippen molar-refractivity contribution in [1.29, 1.82) is 0 Å². The first-order chi connectivity index (χ1) is 7.91. The summed E-state index contributed by atoms with van der Waals surface area (Å²) in [6.45, 7) is 1.74. The smallest absolute Gasteiger partial charge is 0.310 e. The monoisotopic (exact) mass is 238 g/mol. The van der Waals surface area contributed by atoms with Gasteiger partial charge in [-0.3, -0.25) is 9.59 Å². The first kappa shape index (κ1) is 12.1. The van der Waals surface area contributed by atoms with Crippen molar-refractivity contribution in [3.8, 4) is 0 Å². The molecule has 5 nitrogen and oxygen atoms in total. The average molecular weight is 238 g/mol. The summed E-state index contributed by atoms with van der Waals surface area (Å²) >= 11 is 0. The predicted molar refractivity (Wildman–Crippen MR) is 62.1 cm³/mol. The number of nitrogens with one attached hydrogen (secondary N) is 1. The Morgan fingerprint density at radius 2 is 2.06 bits per heavy atom. The van der Waals surface area contributed by atoms with Gasteiger partial charge in [-0.1, -0.05) is 12.2 Å². The van der Waals surface area contributed by atoms with Gasteiger partial charge in [-0.25, -0.2) is 0 Å². The molecular weight excluding hydrogens is 220 g/mol. The number of amides is 1. The van der Waals surface area contributed by atoms with Crippen molar-refractivity contribution >= 4 is 11.9 Å². The molecule has 0 bridgehead atoms. The Morgan fingerprint density at radius 3 is 2.53 bits per heavy atom. The molecule has 3 unspecified atom stereocenters. The Bertz CT molecular complexity index is 372. The fourth-order valence-corrected chi connectivity index (χ4v) is 2.18. The third-order valence-electron chi connectivity index (χ3n) is 3.63. The van der Waals surface area contributed by atoms with Crippen LogP contribution in [0, 0.1) is 11.8 Å². The molecule has 2 aliphatic rings. The molecule has 0 aromatic rings. The summed E-state index contributed by atoms with van der Waals surface area (Å²) in [6.07, 6.45) is 5.77. The molecule has 0 aromatic heterocycles. The summed E-state index contributed by atoms with van der Waals surface area (Å²) in [5.41, 5.74) is 5.16. The van der Waals surface area contributed by atoms with Crippen molar-refractivity contribution in [3.05, 3.63) is 12.2 Å². The third-order valence-corrected chi connectivity index (χ3v) is 3.63. The number of carbonyl (C=O) groups is 2. The van der Waals surface area contributed by atoms with Gasteiger partial charge in [0.1, 0.15) is 0 Å². The first-order valence-electron chi connectivity index (χ1n) is 5.92. The maximum atomic E-state index is 12.0. The highest BCUT2D eigenvalue weighted by molar-refractivity contribution is 5.87. The van der Waals surface area contributed by atoms with Crippen LogP contribution in [0.4, 0.5) is 0 Å². The quantitative estimate of drug-likeness (QED) is 0.612. The van der Waals surface area contributed by atoms with E-state index < -0.39 is 17.4 Å². The molecular formula is C12H18N2O3. The summed E-state index contributed by atoms with van der Waals surface area (Å²) in [7, 11) is 0. The molecule has 94 valence electrons. The summed E-state index contributed by atoms with van der Waals surface area (Å²) in [5.74, 6) is -1.26. The standard InChI is InChI=1S/C12H18N2O3/c1-12(13,8-3-4-8)11(17)14-9-5-2-7(6-9)10(15)16/h2,5,7-9H,3-4,6,13H2,1H3,(H,14,17)(H,15,16). The van der Waals surface area contributed by atoms with E-state index in [-0.39, 0.29) is 17.9 Å². The minimum absolute atomic E-state index is 0.180. The Kier molecular flexibility index (Phi) is 2.95. The summed E-state index contributed by atoms with van der Waals surface area (Å²) < 4.78 is 0. The lowest BCUT2D eigenvalue weighted by molar-refractivity contribution is -0.140. The highest BCUT2D eigenvalue weighted by atomic mass is 16.4. The number of hydrogen-bond acceptors (Lipinski definition) is 3. The molecule has 0 spiro atoms. The van der Waals surface area contributed by atoms with Crippen LogP contribution in [0.3, 0.4) is 0 Å². The lowest BCUT2D eigenvalue weighted by Crippen LogP contribution is -2.55. The fraction of sp³-hybridized carbons (Fsp3) is 0.667. The first-order valence-corrected chi connectivity index (χ1v) is 5.92. The molecule has 0 radical (unpaired) electrons. The van der Waals surface area contributed by atoms with Crippen molar-refractivity contribution in [1.82, 2.24) is 5.32 Å². The Labute approximate surface area is 100 Å². The molecule has 1 amide bonds. The van der Waals surface area contributed by atoms with E-state index in [0.29, 0.717) is 6.42 Å². The number of nitrogens with two attached hydrogens (primary N) is 1. The van der Waals surface area contributed by atoms with Crippen LogP contribution in [0.15, 0.2) is 12.2 Å². The molecule has 0 aromatic carbocycles. The van der Waals surface area contributed by atoms with Crippen molar-refractivity contribution in [2.45, 2.75) is 37.8 Å². The average Bonchev–Trinajstić information content (AvgIpc) is 3.00. The van der Waals surface area contributed by atoms with Gasteiger partial charge in [-0.2, -0.15) is 0 Å². The van der Waals surface area contributed by atoms with Gasteiger partial charge in [0.2, 0.25) is 5.91 Å². The highest BCUT2D eigenvalue weighted by Crippen LogP contribution is 2.38. The third kappa shape index (κ3) is 2.49. The summed E-state index contributed by atoms with van der Waals surface area (Å²) in [6, 6.07) is -0.203. The van der Waals surface area contributed by atoms with Gasteiger partial charge in [-0.05, 0) is 32.1 Å². The number of hydrogen-bond donors (Lipinski definition) is 3. The second-order valence-corrected chi connectivity index (χ2v) is 5.20. The van der Waals surface area contributed by atoms with E-state index in [1.807, 2.05) is 0 Å². The molecule has 0 saturated heterocycles. The van der Waals surface area contributed by atoms with E-state index in [1.165, 1.54) is 0 Å². The maximum Gasteiger partial charge on any atom is 0.310 e. The van der Waals surface area contributed by atoms with E-state index >= 15 is 0 Å². The number of carboxylic acids is 1. The van der Waals surface area contributed by atoms with Crippen LogP contribution in [0.5, 0.6) is 0 Å². The van der Waals surface area contributed by atoms with E-state index in [1.54, 1.807) is 19.1 Å².